The number of rotatable bonds is 4. The summed E-state index contributed by atoms with van der Waals surface area (Å²) in [5, 5.41) is 1.70. The number of H-pyrrole nitrogens is 1. The molecular formula is C20H14ClF4N3O2. The van der Waals surface area contributed by atoms with Crippen LogP contribution in [0, 0.1) is 12.7 Å². The molecule has 3 rings (SSSR count). The summed E-state index contributed by atoms with van der Waals surface area (Å²) >= 11 is 5.75. The Bertz CT molecular complexity index is 1180. The van der Waals surface area contributed by atoms with Crippen LogP contribution in [0.1, 0.15) is 32.9 Å². The maximum atomic E-state index is 13.4. The summed E-state index contributed by atoms with van der Waals surface area (Å²) < 4.78 is 53.2. The van der Waals surface area contributed by atoms with E-state index in [-0.39, 0.29) is 23.4 Å². The second-order valence-electron chi connectivity index (χ2n) is 6.45. The van der Waals surface area contributed by atoms with E-state index in [4.69, 9.17) is 11.6 Å². The maximum Gasteiger partial charge on any atom is 0.434 e. The molecule has 1 amide bonds. The van der Waals surface area contributed by atoms with Crippen molar-refractivity contribution in [1.29, 1.82) is 0 Å². The minimum atomic E-state index is -4.83. The van der Waals surface area contributed by atoms with Crippen molar-refractivity contribution < 1.29 is 22.4 Å². The van der Waals surface area contributed by atoms with Crippen LogP contribution < -0.4 is 10.9 Å². The maximum absolute atomic E-state index is 13.4. The van der Waals surface area contributed by atoms with Gasteiger partial charge >= 0.3 is 6.18 Å². The summed E-state index contributed by atoms with van der Waals surface area (Å²) in [6.07, 6.45) is -3.69. The first kappa shape index (κ1) is 21.5. The van der Waals surface area contributed by atoms with Gasteiger partial charge in [-0.15, -0.1) is 0 Å². The van der Waals surface area contributed by atoms with Gasteiger partial charge in [0.1, 0.15) is 5.82 Å². The Morgan fingerprint density at radius 1 is 1.20 bits per heavy atom. The molecule has 5 nitrogen and oxygen atoms in total. The molecule has 0 aliphatic heterocycles. The van der Waals surface area contributed by atoms with Crippen LogP contribution in [0.3, 0.4) is 0 Å². The second kappa shape index (κ2) is 8.27. The Morgan fingerprint density at radius 3 is 2.57 bits per heavy atom. The van der Waals surface area contributed by atoms with E-state index in [0.717, 1.165) is 12.1 Å². The minimum Gasteiger partial charge on any atom is -0.329 e. The van der Waals surface area contributed by atoms with E-state index in [2.05, 4.69) is 15.3 Å². The van der Waals surface area contributed by atoms with Crippen LogP contribution in [0.5, 0.6) is 0 Å². The molecule has 0 spiro atoms. The van der Waals surface area contributed by atoms with Crippen LogP contribution in [-0.4, -0.2) is 15.9 Å². The molecule has 1 aromatic carbocycles. The third kappa shape index (κ3) is 4.85. The number of aromatic amines is 1. The van der Waals surface area contributed by atoms with Gasteiger partial charge < -0.3 is 10.3 Å². The monoisotopic (exact) mass is 439 g/mol. The molecule has 0 unspecified atom stereocenters. The lowest BCUT2D eigenvalue weighted by atomic mass is 10.00. The number of benzene rings is 1. The molecule has 2 N–H and O–H groups in total. The molecular weight excluding hydrogens is 426 g/mol. The predicted octanol–water partition coefficient (Wildman–Crippen LogP) is 4.73. The van der Waals surface area contributed by atoms with Crippen molar-refractivity contribution in [2.24, 2.45) is 0 Å². The largest absolute Gasteiger partial charge is 0.434 e. The van der Waals surface area contributed by atoms with Crippen LogP contribution in [0.2, 0.25) is 5.02 Å². The number of alkyl halides is 3. The van der Waals surface area contributed by atoms with Gasteiger partial charge in [-0.3, -0.25) is 9.59 Å². The van der Waals surface area contributed by atoms with Crippen LogP contribution in [0.4, 0.5) is 23.2 Å². The van der Waals surface area contributed by atoms with Crippen LogP contribution in [0.25, 0.3) is 0 Å². The number of carbonyl (C=O) groups excluding carboxylic acids is 1. The molecule has 0 aliphatic carbocycles. The van der Waals surface area contributed by atoms with Gasteiger partial charge in [0, 0.05) is 24.4 Å². The number of pyridine rings is 2. The molecule has 2 aromatic heterocycles. The highest BCUT2D eigenvalue weighted by Crippen LogP contribution is 2.35. The summed E-state index contributed by atoms with van der Waals surface area (Å²) in [5.74, 6) is -1.29. The van der Waals surface area contributed by atoms with Gasteiger partial charge in [0.05, 0.1) is 16.3 Å². The van der Waals surface area contributed by atoms with E-state index >= 15 is 0 Å². The quantitative estimate of drug-likeness (QED) is 0.577. The van der Waals surface area contributed by atoms with Crippen molar-refractivity contribution in [2.75, 3.05) is 5.32 Å². The molecule has 30 heavy (non-hydrogen) atoms. The molecule has 0 bridgehead atoms. The Labute approximate surface area is 172 Å². The number of nitrogens with one attached hydrogen (secondary N) is 2. The number of hydrogen-bond donors (Lipinski definition) is 2. The van der Waals surface area contributed by atoms with Crippen LogP contribution >= 0.6 is 11.6 Å². The first-order chi connectivity index (χ1) is 14.0. The first-order valence-electron chi connectivity index (χ1n) is 8.56. The molecule has 10 heteroatoms. The summed E-state index contributed by atoms with van der Waals surface area (Å²) in [7, 11) is 0. The highest BCUT2D eigenvalue weighted by molar-refractivity contribution is 6.31. The van der Waals surface area contributed by atoms with E-state index in [0.29, 0.717) is 11.1 Å². The average molecular weight is 440 g/mol. The van der Waals surface area contributed by atoms with E-state index in [1.807, 2.05) is 0 Å². The lowest BCUT2D eigenvalue weighted by Gasteiger charge is -2.15. The van der Waals surface area contributed by atoms with E-state index in [1.54, 1.807) is 6.92 Å². The van der Waals surface area contributed by atoms with Crippen molar-refractivity contribution in [3.63, 3.8) is 0 Å². The number of aryl methyl sites for hydroxylation is 1. The predicted molar refractivity (Wildman–Crippen MR) is 103 cm³/mol. The summed E-state index contributed by atoms with van der Waals surface area (Å²) in [5.41, 5.74) is -1.07. The first-order valence-corrected chi connectivity index (χ1v) is 8.94. The number of anilines is 1. The zero-order chi connectivity index (χ0) is 22.1. The van der Waals surface area contributed by atoms with Gasteiger partial charge in [-0.2, -0.15) is 13.2 Å². The number of halogens is 5. The van der Waals surface area contributed by atoms with E-state index in [1.165, 1.54) is 30.5 Å². The van der Waals surface area contributed by atoms with Crippen molar-refractivity contribution in [3.8, 4) is 0 Å². The van der Waals surface area contributed by atoms with E-state index in [9.17, 15) is 27.2 Å². The Balaban J connectivity index is 2.07. The number of hydrogen-bond acceptors (Lipinski definition) is 3. The highest BCUT2D eigenvalue weighted by atomic mass is 35.5. The number of aromatic nitrogens is 2. The minimum absolute atomic E-state index is 0.142. The fourth-order valence-electron chi connectivity index (χ4n) is 2.82. The molecule has 0 fully saturated rings. The van der Waals surface area contributed by atoms with Gasteiger partial charge in [0.15, 0.2) is 5.69 Å². The summed E-state index contributed by atoms with van der Waals surface area (Å²) in [6, 6.07) is 7.20. The summed E-state index contributed by atoms with van der Waals surface area (Å²) in [6.45, 7) is 1.59. The Hall–Kier alpha value is -3.20. The van der Waals surface area contributed by atoms with Crippen molar-refractivity contribution >= 4 is 23.2 Å². The smallest absolute Gasteiger partial charge is 0.329 e. The third-order valence-corrected chi connectivity index (χ3v) is 4.55. The zero-order valence-electron chi connectivity index (χ0n) is 15.4. The lowest BCUT2D eigenvalue weighted by molar-refractivity contribution is -0.141. The number of nitrogens with zero attached hydrogens (tertiary/aromatic N) is 1. The molecule has 0 aliphatic rings. The topological polar surface area (TPSA) is 74.8 Å². The van der Waals surface area contributed by atoms with Crippen molar-refractivity contribution in [2.45, 2.75) is 19.5 Å². The van der Waals surface area contributed by atoms with Crippen molar-refractivity contribution in [1.82, 2.24) is 9.97 Å². The average Bonchev–Trinajstić information content (AvgIpc) is 2.64. The van der Waals surface area contributed by atoms with Gasteiger partial charge in [0.2, 0.25) is 5.56 Å². The zero-order valence-corrected chi connectivity index (χ0v) is 16.2. The molecule has 156 valence electrons. The molecule has 0 saturated carbocycles. The molecule has 0 radical (unpaired) electrons. The molecule has 0 atom stereocenters. The van der Waals surface area contributed by atoms with Crippen LogP contribution in [-0.2, 0) is 12.6 Å². The fourth-order valence-corrected chi connectivity index (χ4v) is 3.07. The Morgan fingerprint density at radius 2 is 1.93 bits per heavy atom. The third-order valence-electron chi connectivity index (χ3n) is 4.26. The van der Waals surface area contributed by atoms with E-state index < -0.39 is 34.2 Å². The van der Waals surface area contributed by atoms with Crippen LogP contribution in [0.15, 0.2) is 47.4 Å². The number of amides is 1. The molecule has 3 aromatic rings. The second-order valence-corrected chi connectivity index (χ2v) is 6.86. The van der Waals surface area contributed by atoms with Gasteiger partial charge in [-0.1, -0.05) is 17.7 Å². The fraction of sp³-hybridized carbons (Fsp3) is 0.150. The number of carbonyl (C=O) groups is 1. The standard InChI is InChI=1S/C20H14ClF4N3O2/c1-10-6-12(22)3-2-11(10)7-16-14(9-15(21)18(28-16)20(23,24)25)19(30)27-13-4-5-26-17(29)8-13/h2-6,8-9H,7H2,1H3,(H2,26,27,29,30). The van der Waals surface area contributed by atoms with Gasteiger partial charge in [-0.05, 0) is 42.3 Å². The van der Waals surface area contributed by atoms with Gasteiger partial charge in [0.25, 0.3) is 5.91 Å². The normalized spacial score (nSPS) is 11.4. The lowest BCUT2D eigenvalue weighted by Crippen LogP contribution is -2.20. The SMILES string of the molecule is Cc1cc(F)ccc1Cc1nc(C(F)(F)F)c(Cl)cc1C(=O)Nc1cc[nH]c(=O)c1. The molecule has 0 saturated heterocycles. The van der Waals surface area contributed by atoms with Gasteiger partial charge in [-0.25, -0.2) is 9.37 Å². The molecule has 2 heterocycles. The highest BCUT2D eigenvalue weighted by Gasteiger charge is 2.36. The van der Waals surface area contributed by atoms with Crippen molar-refractivity contribution in [3.05, 3.63) is 91.9 Å². The Kier molecular flexibility index (Phi) is 5.93. The summed E-state index contributed by atoms with van der Waals surface area (Å²) in [4.78, 5) is 30.1.